The van der Waals surface area contributed by atoms with Gasteiger partial charge in [0.2, 0.25) is 5.91 Å². The van der Waals surface area contributed by atoms with Gasteiger partial charge in [-0.25, -0.2) is 0 Å². The van der Waals surface area contributed by atoms with Crippen LogP contribution in [0, 0.1) is 0 Å². The molecule has 1 aromatic heterocycles. The molecule has 2 rings (SSSR count). The number of thiophene rings is 1. The highest BCUT2D eigenvalue weighted by atomic mass is 32.1. The smallest absolute Gasteiger partial charge is 0.244 e. The van der Waals surface area contributed by atoms with Crippen LogP contribution in [-0.2, 0) is 4.79 Å². The Hall–Kier alpha value is -2.11. The maximum absolute atomic E-state index is 12.0. The number of carbonyl (C=O) groups excluding carboxylic acids is 1. The Balaban J connectivity index is 1.95. The number of likely N-dealkylation sites (N-methyl/N-ethyl adjacent to an activating group) is 1. The van der Waals surface area contributed by atoms with Gasteiger partial charge in [-0.15, -0.1) is 11.3 Å². The zero-order chi connectivity index (χ0) is 16.7. The average molecular weight is 330 g/mol. The summed E-state index contributed by atoms with van der Waals surface area (Å²) in [6.07, 6.45) is 3.41. The van der Waals surface area contributed by atoms with Crippen LogP contribution in [0.15, 0.2) is 47.9 Å². The Kier molecular flexibility index (Phi) is 6.38. The van der Waals surface area contributed by atoms with Crippen molar-refractivity contribution in [3.8, 4) is 5.75 Å². The molecule has 23 heavy (non-hydrogen) atoms. The molecule has 0 aliphatic heterocycles. The fourth-order valence-corrected chi connectivity index (χ4v) is 2.84. The third-order valence-corrected chi connectivity index (χ3v) is 4.37. The number of nitrogens with zero attached hydrogens (tertiary/aromatic N) is 1. The highest BCUT2D eigenvalue weighted by Crippen LogP contribution is 2.20. The van der Waals surface area contributed by atoms with Gasteiger partial charge in [-0.2, -0.15) is 0 Å². The Labute approximate surface area is 141 Å². The second-order valence-corrected chi connectivity index (χ2v) is 6.33. The first-order valence-electron chi connectivity index (χ1n) is 7.40. The number of carbonyl (C=O) groups is 1. The summed E-state index contributed by atoms with van der Waals surface area (Å²) < 4.78 is 5.18. The largest absolute Gasteiger partial charge is 0.497 e. The summed E-state index contributed by atoms with van der Waals surface area (Å²) in [4.78, 5) is 15.1. The van der Waals surface area contributed by atoms with E-state index in [2.05, 4.69) is 10.2 Å². The second kappa shape index (κ2) is 8.50. The van der Waals surface area contributed by atoms with Crippen molar-refractivity contribution in [2.75, 3.05) is 27.7 Å². The van der Waals surface area contributed by atoms with E-state index >= 15 is 0 Å². The molecule has 0 aliphatic carbocycles. The molecule has 0 fully saturated rings. The summed E-state index contributed by atoms with van der Waals surface area (Å²) in [6.45, 7) is 0.549. The molecule has 0 spiro atoms. The van der Waals surface area contributed by atoms with Crippen LogP contribution in [0.3, 0.4) is 0 Å². The van der Waals surface area contributed by atoms with Gasteiger partial charge in [0.1, 0.15) is 5.75 Å². The van der Waals surface area contributed by atoms with Crippen LogP contribution in [0.2, 0.25) is 0 Å². The molecule has 4 nitrogen and oxygen atoms in total. The SMILES string of the molecule is COc1ccc([C@H](CNC(=O)/C=C/c2cccs2)N(C)C)cc1. The number of benzene rings is 1. The van der Waals surface area contributed by atoms with E-state index in [-0.39, 0.29) is 11.9 Å². The lowest BCUT2D eigenvalue weighted by atomic mass is 10.1. The number of nitrogens with one attached hydrogen (secondary N) is 1. The number of rotatable bonds is 7. The molecule has 0 saturated carbocycles. The maximum Gasteiger partial charge on any atom is 0.244 e. The molecule has 122 valence electrons. The van der Waals surface area contributed by atoms with Crippen molar-refractivity contribution in [3.63, 3.8) is 0 Å². The molecule has 0 radical (unpaired) electrons. The Morgan fingerprint density at radius 2 is 2.04 bits per heavy atom. The summed E-state index contributed by atoms with van der Waals surface area (Å²) in [5, 5.41) is 4.95. The lowest BCUT2D eigenvalue weighted by Crippen LogP contribution is -2.33. The summed E-state index contributed by atoms with van der Waals surface area (Å²) in [5.41, 5.74) is 1.14. The standard InChI is InChI=1S/C18H22N2O2S/c1-20(2)17(14-6-8-15(22-3)9-7-14)13-19-18(21)11-10-16-5-4-12-23-16/h4-12,17H,13H2,1-3H3,(H,19,21)/b11-10+/t17-/m0/s1. The van der Waals surface area contributed by atoms with Crippen molar-refractivity contribution in [2.24, 2.45) is 0 Å². The van der Waals surface area contributed by atoms with Gasteiger partial charge >= 0.3 is 0 Å². The van der Waals surface area contributed by atoms with E-state index in [0.29, 0.717) is 6.54 Å². The first-order chi connectivity index (χ1) is 11.1. The van der Waals surface area contributed by atoms with Gasteiger partial charge in [-0.05, 0) is 49.3 Å². The summed E-state index contributed by atoms with van der Waals surface area (Å²) in [5.74, 6) is 0.743. The highest BCUT2D eigenvalue weighted by molar-refractivity contribution is 7.10. The predicted octanol–water partition coefficient (Wildman–Crippen LogP) is 3.19. The number of amides is 1. The van der Waals surface area contributed by atoms with Crippen molar-refractivity contribution in [2.45, 2.75) is 6.04 Å². The number of hydrogen-bond donors (Lipinski definition) is 1. The molecule has 1 amide bonds. The quantitative estimate of drug-likeness (QED) is 0.793. The average Bonchev–Trinajstić information content (AvgIpc) is 3.07. The third-order valence-electron chi connectivity index (χ3n) is 3.54. The van der Waals surface area contributed by atoms with Crippen LogP contribution < -0.4 is 10.1 Å². The van der Waals surface area contributed by atoms with Gasteiger partial charge in [0.05, 0.1) is 13.2 Å². The van der Waals surface area contributed by atoms with Gasteiger partial charge in [-0.3, -0.25) is 4.79 Å². The number of methoxy groups -OCH3 is 1. The Morgan fingerprint density at radius 1 is 1.30 bits per heavy atom. The minimum Gasteiger partial charge on any atom is -0.497 e. The van der Waals surface area contributed by atoms with Crippen LogP contribution in [0.1, 0.15) is 16.5 Å². The summed E-state index contributed by atoms with van der Waals surface area (Å²) in [6, 6.07) is 12.0. The molecule has 0 bridgehead atoms. The van der Waals surface area contributed by atoms with Crippen molar-refractivity contribution in [1.82, 2.24) is 10.2 Å². The molecule has 1 aromatic carbocycles. The fraction of sp³-hybridized carbons (Fsp3) is 0.278. The van der Waals surface area contributed by atoms with Crippen LogP contribution in [0.5, 0.6) is 5.75 Å². The molecule has 0 aliphatic rings. The van der Waals surface area contributed by atoms with Gasteiger partial charge in [0.15, 0.2) is 0 Å². The molecule has 0 unspecified atom stereocenters. The van der Waals surface area contributed by atoms with E-state index in [4.69, 9.17) is 4.74 Å². The molecule has 0 saturated heterocycles. The van der Waals surface area contributed by atoms with Gasteiger partial charge in [0.25, 0.3) is 0 Å². The first-order valence-corrected chi connectivity index (χ1v) is 8.28. The van der Waals surface area contributed by atoms with Crippen molar-refractivity contribution in [1.29, 1.82) is 0 Å². The summed E-state index contributed by atoms with van der Waals surface area (Å²) >= 11 is 1.61. The normalized spacial score (nSPS) is 12.5. The Bertz CT molecular complexity index is 634. The van der Waals surface area contributed by atoms with Gasteiger partial charge in [-0.1, -0.05) is 18.2 Å². The van der Waals surface area contributed by atoms with E-state index in [9.17, 15) is 4.79 Å². The molecule has 5 heteroatoms. The van der Waals surface area contributed by atoms with Crippen molar-refractivity contribution in [3.05, 3.63) is 58.3 Å². The summed E-state index contributed by atoms with van der Waals surface area (Å²) in [7, 11) is 5.66. The molecular weight excluding hydrogens is 308 g/mol. The van der Waals surface area contributed by atoms with Crippen LogP contribution in [0.25, 0.3) is 6.08 Å². The minimum absolute atomic E-state index is 0.0845. The van der Waals surface area contributed by atoms with Crippen molar-refractivity contribution < 1.29 is 9.53 Å². The predicted molar refractivity (Wildman–Crippen MR) is 95.8 cm³/mol. The van der Waals surface area contributed by atoms with Crippen LogP contribution in [0.4, 0.5) is 0 Å². The lowest BCUT2D eigenvalue weighted by molar-refractivity contribution is -0.116. The van der Waals surface area contributed by atoms with Gasteiger partial charge in [0, 0.05) is 17.5 Å². The van der Waals surface area contributed by atoms with Crippen molar-refractivity contribution >= 4 is 23.3 Å². The van der Waals surface area contributed by atoms with E-state index in [1.54, 1.807) is 24.5 Å². The van der Waals surface area contributed by atoms with Crippen LogP contribution >= 0.6 is 11.3 Å². The van der Waals surface area contributed by atoms with E-state index in [1.807, 2.05) is 61.9 Å². The minimum atomic E-state index is -0.0845. The molecule has 1 N–H and O–H groups in total. The molecule has 2 aromatic rings. The highest BCUT2D eigenvalue weighted by Gasteiger charge is 2.14. The molecule has 1 heterocycles. The molecular formula is C18H22N2O2S. The van der Waals surface area contributed by atoms with E-state index in [0.717, 1.165) is 16.2 Å². The fourth-order valence-electron chi connectivity index (χ4n) is 2.22. The lowest BCUT2D eigenvalue weighted by Gasteiger charge is -2.25. The van der Waals surface area contributed by atoms with E-state index in [1.165, 1.54) is 0 Å². The number of ether oxygens (including phenoxy) is 1. The van der Waals surface area contributed by atoms with Gasteiger partial charge < -0.3 is 15.0 Å². The maximum atomic E-state index is 12.0. The Morgan fingerprint density at radius 3 is 2.61 bits per heavy atom. The topological polar surface area (TPSA) is 41.6 Å². The van der Waals surface area contributed by atoms with E-state index < -0.39 is 0 Å². The zero-order valence-corrected chi connectivity index (χ0v) is 14.5. The second-order valence-electron chi connectivity index (χ2n) is 5.35. The zero-order valence-electron chi connectivity index (χ0n) is 13.7. The number of hydrogen-bond acceptors (Lipinski definition) is 4. The monoisotopic (exact) mass is 330 g/mol. The molecule has 1 atom stereocenters. The third kappa shape index (κ3) is 5.23. The first kappa shape index (κ1) is 17.2. The van der Waals surface area contributed by atoms with Crippen LogP contribution in [-0.4, -0.2) is 38.6 Å².